The van der Waals surface area contributed by atoms with Gasteiger partial charge in [-0.05, 0) is 25.5 Å². The van der Waals surface area contributed by atoms with Crippen LogP contribution in [-0.2, 0) is 0 Å². The first-order valence-corrected chi connectivity index (χ1v) is 7.38. The van der Waals surface area contributed by atoms with Crippen LogP contribution in [0.2, 0.25) is 10.0 Å². The summed E-state index contributed by atoms with van der Waals surface area (Å²) in [6, 6.07) is 5.94. The zero-order valence-electron chi connectivity index (χ0n) is 12.1. The SMILES string of the molecule is C=C(C)C[C@H](c1c(Cl)cccc1Cl)N1CCNCC1.Cl.Cl. The van der Waals surface area contributed by atoms with Gasteiger partial charge in [-0.25, -0.2) is 0 Å². The van der Waals surface area contributed by atoms with E-state index >= 15 is 0 Å². The Morgan fingerprint density at radius 2 is 1.76 bits per heavy atom. The Hall–Kier alpha value is 0.0400. The molecule has 1 aliphatic heterocycles. The number of nitrogens with zero attached hydrogens (tertiary/aromatic N) is 1. The lowest BCUT2D eigenvalue weighted by atomic mass is 9.97. The molecule has 1 aliphatic rings. The standard InChI is InChI=1S/C15H20Cl2N2.2ClH/c1-11(2)10-14(19-8-6-18-7-9-19)15-12(16)4-3-5-13(15)17;;/h3-5,14,18H,1,6-10H2,2H3;2*1H/t14-;;/m1../s1. The summed E-state index contributed by atoms with van der Waals surface area (Å²) in [5.41, 5.74) is 2.19. The Kier molecular flexibility index (Phi) is 9.96. The third-order valence-electron chi connectivity index (χ3n) is 3.47. The van der Waals surface area contributed by atoms with E-state index in [1.807, 2.05) is 18.2 Å². The fourth-order valence-electron chi connectivity index (χ4n) is 2.57. The van der Waals surface area contributed by atoms with E-state index in [1.165, 1.54) is 0 Å². The van der Waals surface area contributed by atoms with Crippen molar-refractivity contribution in [3.63, 3.8) is 0 Å². The summed E-state index contributed by atoms with van der Waals surface area (Å²) in [7, 11) is 0. The third kappa shape index (κ3) is 5.63. The van der Waals surface area contributed by atoms with Crippen molar-refractivity contribution in [3.05, 3.63) is 46.0 Å². The van der Waals surface area contributed by atoms with Gasteiger partial charge in [0.2, 0.25) is 0 Å². The smallest absolute Gasteiger partial charge is 0.0468 e. The quantitative estimate of drug-likeness (QED) is 0.768. The van der Waals surface area contributed by atoms with Crippen molar-refractivity contribution in [2.75, 3.05) is 26.2 Å². The summed E-state index contributed by atoms with van der Waals surface area (Å²) >= 11 is 12.7. The van der Waals surface area contributed by atoms with Crippen molar-refractivity contribution in [2.24, 2.45) is 0 Å². The maximum atomic E-state index is 6.37. The Morgan fingerprint density at radius 1 is 1.24 bits per heavy atom. The van der Waals surface area contributed by atoms with Crippen molar-refractivity contribution in [1.29, 1.82) is 0 Å². The van der Waals surface area contributed by atoms with Gasteiger partial charge in [0.1, 0.15) is 0 Å². The fraction of sp³-hybridized carbons (Fsp3) is 0.467. The molecule has 1 aromatic carbocycles. The summed E-state index contributed by atoms with van der Waals surface area (Å²) in [5.74, 6) is 0. The minimum Gasteiger partial charge on any atom is -0.314 e. The normalized spacial score (nSPS) is 16.5. The van der Waals surface area contributed by atoms with Crippen LogP contribution in [0.15, 0.2) is 30.4 Å². The number of benzene rings is 1. The number of nitrogens with one attached hydrogen (secondary N) is 1. The van der Waals surface area contributed by atoms with Gasteiger partial charge in [0, 0.05) is 47.8 Å². The molecule has 0 radical (unpaired) electrons. The van der Waals surface area contributed by atoms with Crippen molar-refractivity contribution in [2.45, 2.75) is 19.4 Å². The predicted molar refractivity (Wildman–Crippen MR) is 97.6 cm³/mol. The topological polar surface area (TPSA) is 15.3 Å². The molecule has 0 bridgehead atoms. The van der Waals surface area contributed by atoms with Gasteiger partial charge in [0.05, 0.1) is 0 Å². The average molecular weight is 372 g/mol. The lowest BCUT2D eigenvalue weighted by Gasteiger charge is -2.36. The van der Waals surface area contributed by atoms with Crippen LogP contribution in [0.1, 0.15) is 24.9 Å². The first-order valence-electron chi connectivity index (χ1n) is 6.62. The molecule has 0 spiro atoms. The summed E-state index contributed by atoms with van der Waals surface area (Å²) < 4.78 is 0. The second-order valence-electron chi connectivity index (χ2n) is 5.10. The minimum atomic E-state index is 0. The zero-order chi connectivity index (χ0) is 13.8. The van der Waals surface area contributed by atoms with Gasteiger partial charge in [0.25, 0.3) is 0 Å². The molecule has 1 aromatic rings. The van der Waals surface area contributed by atoms with E-state index in [2.05, 4.69) is 23.7 Å². The molecular weight excluding hydrogens is 350 g/mol. The van der Waals surface area contributed by atoms with Crippen molar-refractivity contribution >= 4 is 48.0 Å². The molecule has 21 heavy (non-hydrogen) atoms. The first-order chi connectivity index (χ1) is 9.09. The molecule has 0 aliphatic carbocycles. The van der Waals surface area contributed by atoms with E-state index in [4.69, 9.17) is 23.2 Å². The number of hydrogen-bond donors (Lipinski definition) is 1. The van der Waals surface area contributed by atoms with Crippen LogP contribution < -0.4 is 5.32 Å². The van der Waals surface area contributed by atoms with E-state index in [0.29, 0.717) is 0 Å². The zero-order valence-corrected chi connectivity index (χ0v) is 15.2. The largest absolute Gasteiger partial charge is 0.314 e. The Bertz CT molecular complexity index is 439. The van der Waals surface area contributed by atoms with Crippen molar-refractivity contribution < 1.29 is 0 Å². The highest BCUT2D eigenvalue weighted by molar-refractivity contribution is 6.36. The highest BCUT2D eigenvalue weighted by atomic mass is 35.5. The molecule has 1 heterocycles. The molecule has 0 saturated carbocycles. The van der Waals surface area contributed by atoms with Gasteiger partial charge in [-0.2, -0.15) is 0 Å². The summed E-state index contributed by atoms with van der Waals surface area (Å²) in [6.45, 7) is 10.1. The fourth-order valence-corrected chi connectivity index (χ4v) is 3.22. The summed E-state index contributed by atoms with van der Waals surface area (Å²) in [5, 5.41) is 4.87. The van der Waals surface area contributed by atoms with Crippen LogP contribution >= 0.6 is 48.0 Å². The van der Waals surface area contributed by atoms with Crippen LogP contribution in [0.3, 0.4) is 0 Å². The first kappa shape index (κ1) is 21.0. The highest BCUT2D eigenvalue weighted by Gasteiger charge is 2.25. The molecule has 2 nitrogen and oxygen atoms in total. The molecule has 1 atom stereocenters. The molecule has 6 heteroatoms. The Balaban J connectivity index is 0.00000200. The predicted octanol–water partition coefficient (Wildman–Crippen LogP) is 4.75. The number of piperazine rings is 1. The lowest BCUT2D eigenvalue weighted by molar-refractivity contribution is 0.172. The van der Waals surface area contributed by atoms with Gasteiger partial charge in [0.15, 0.2) is 0 Å². The van der Waals surface area contributed by atoms with Crippen LogP contribution in [0.5, 0.6) is 0 Å². The van der Waals surface area contributed by atoms with Crippen LogP contribution in [0.25, 0.3) is 0 Å². The Morgan fingerprint density at radius 3 is 2.24 bits per heavy atom. The van der Waals surface area contributed by atoms with Crippen molar-refractivity contribution in [3.8, 4) is 0 Å². The monoisotopic (exact) mass is 370 g/mol. The van der Waals surface area contributed by atoms with E-state index in [9.17, 15) is 0 Å². The molecule has 0 unspecified atom stereocenters. The number of halogens is 4. The van der Waals surface area contributed by atoms with Gasteiger partial charge in [-0.1, -0.05) is 34.8 Å². The maximum absolute atomic E-state index is 6.37. The van der Waals surface area contributed by atoms with E-state index in [0.717, 1.165) is 53.8 Å². The number of hydrogen-bond acceptors (Lipinski definition) is 2. The maximum Gasteiger partial charge on any atom is 0.0468 e. The molecule has 2 rings (SSSR count). The van der Waals surface area contributed by atoms with Crippen LogP contribution in [0.4, 0.5) is 0 Å². The Labute approximate surface area is 149 Å². The van der Waals surface area contributed by atoms with Gasteiger partial charge < -0.3 is 5.32 Å². The van der Waals surface area contributed by atoms with Gasteiger partial charge in [-0.15, -0.1) is 31.4 Å². The van der Waals surface area contributed by atoms with Crippen molar-refractivity contribution in [1.82, 2.24) is 10.2 Å². The molecule has 0 amide bonds. The third-order valence-corrected chi connectivity index (χ3v) is 4.13. The minimum absolute atomic E-state index is 0. The lowest BCUT2D eigenvalue weighted by Crippen LogP contribution is -2.45. The second-order valence-corrected chi connectivity index (χ2v) is 5.91. The molecule has 120 valence electrons. The average Bonchev–Trinajstić information content (AvgIpc) is 2.38. The summed E-state index contributed by atoms with van der Waals surface area (Å²) in [4.78, 5) is 2.44. The summed E-state index contributed by atoms with van der Waals surface area (Å²) in [6.07, 6.45) is 0.892. The molecular formula is C15H22Cl4N2. The van der Waals surface area contributed by atoms with Gasteiger partial charge >= 0.3 is 0 Å². The van der Waals surface area contributed by atoms with Gasteiger partial charge in [-0.3, -0.25) is 4.90 Å². The molecule has 1 fully saturated rings. The van der Waals surface area contributed by atoms with E-state index in [-0.39, 0.29) is 30.9 Å². The van der Waals surface area contributed by atoms with Crippen LogP contribution in [-0.4, -0.2) is 31.1 Å². The number of rotatable bonds is 4. The van der Waals surface area contributed by atoms with E-state index in [1.54, 1.807) is 0 Å². The van der Waals surface area contributed by atoms with Crippen LogP contribution in [0, 0.1) is 0 Å². The van der Waals surface area contributed by atoms with E-state index < -0.39 is 0 Å². The molecule has 1 saturated heterocycles. The molecule has 0 aromatic heterocycles. The second kappa shape index (κ2) is 9.94. The molecule has 1 N–H and O–H groups in total. The highest BCUT2D eigenvalue weighted by Crippen LogP contribution is 2.37.